The lowest BCUT2D eigenvalue weighted by molar-refractivity contribution is 0.0954. The summed E-state index contributed by atoms with van der Waals surface area (Å²) in [6, 6.07) is 11.5. The molecule has 0 radical (unpaired) electrons. The molecule has 2 N–H and O–H groups in total. The van der Waals surface area contributed by atoms with E-state index in [1.54, 1.807) is 12.3 Å². The molecule has 1 aromatic heterocycles. The van der Waals surface area contributed by atoms with Crippen molar-refractivity contribution in [2.24, 2.45) is 0 Å². The molecule has 1 atom stereocenters. The van der Waals surface area contributed by atoms with Gasteiger partial charge in [0.1, 0.15) is 0 Å². The maximum absolute atomic E-state index is 12.3. The van der Waals surface area contributed by atoms with Crippen LogP contribution in [0.3, 0.4) is 0 Å². The zero-order chi connectivity index (χ0) is 17.7. The van der Waals surface area contributed by atoms with Crippen molar-refractivity contribution in [2.45, 2.75) is 18.9 Å². The van der Waals surface area contributed by atoms with Crippen LogP contribution in [-0.2, 0) is 16.3 Å². The molecule has 1 saturated heterocycles. The van der Waals surface area contributed by atoms with E-state index in [9.17, 15) is 13.2 Å². The van der Waals surface area contributed by atoms with Crippen molar-refractivity contribution in [3.63, 3.8) is 0 Å². The third-order valence-electron chi connectivity index (χ3n) is 4.15. The van der Waals surface area contributed by atoms with Crippen molar-refractivity contribution in [3.8, 4) is 0 Å². The fourth-order valence-electron chi connectivity index (χ4n) is 2.85. The molecular weight excluding hydrogens is 338 g/mol. The number of nitrogens with zero attached hydrogens (tertiary/aromatic N) is 1. The van der Waals surface area contributed by atoms with Gasteiger partial charge in [-0.05, 0) is 24.5 Å². The highest BCUT2D eigenvalue weighted by molar-refractivity contribution is 7.91. The van der Waals surface area contributed by atoms with E-state index in [-0.39, 0.29) is 23.5 Å². The second kappa shape index (κ2) is 7.65. The molecular formula is C18H21N3O3S. The minimum atomic E-state index is -2.94. The minimum Gasteiger partial charge on any atom is -0.380 e. The van der Waals surface area contributed by atoms with Crippen LogP contribution in [0.2, 0.25) is 0 Å². The first kappa shape index (κ1) is 17.4. The van der Waals surface area contributed by atoms with Crippen LogP contribution in [-0.4, -0.2) is 43.4 Å². The Labute approximate surface area is 147 Å². The van der Waals surface area contributed by atoms with Gasteiger partial charge in [0, 0.05) is 25.0 Å². The zero-order valence-electron chi connectivity index (χ0n) is 13.8. The van der Waals surface area contributed by atoms with Crippen LogP contribution in [0, 0.1) is 0 Å². The molecule has 2 aromatic rings. The number of carbonyl (C=O) groups is 1. The molecule has 6 nitrogen and oxygen atoms in total. The van der Waals surface area contributed by atoms with Crippen molar-refractivity contribution in [2.75, 3.05) is 23.4 Å². The standard InChI is InChI=1S/C18H21N3O3S/c22-18(20-8-6-14-4-2-1-3-5-14)15-10-17(12-19-11-15)21-16-7-9-25(23,24)13-16/h1-5,10-12,16,21H,6-9,13H2,(H,20,22). The van der Waals surface area contributed by atoms with Gasteiger partial charge in [-0.15, -0.1) is 0 Å². The highest BCUT2D eigenvalue weighted by Crippen LogP contribution is 2.17. The predicted octanol–water partition coefficient (Wildman–Crippen LogP) is 1.65. The molecule has 7 heteroatoms. The molecule has 0 spiro atoms. The Bertz CT molecular complexity index is 838. The molecule has 1 unspecified atom stereocenters. The van der Waals surface area contributed by atoms with Crippen molar-refractivity contribution in [3.05, 3.63) is 59.9 Å². The molecule has 1 aliphatic heterocycles. The van der Waals surface area contributed by atoms with E-state index in [2.05, 4.69) is 15.6 Å². The number of benzene rings is 1. The van der Waals surface area contributed by atoms with Crippen LogP contribution in [0.4, 0.5) is 5.69 Å². The highest BCUT2D eigenvalue weighted by Gasteiger charge is 2.27. The summed E-state index contributed by atoms with van der Waals surface area (Å²) in [5.41, 5.74) is 2.29. The maximum Gasteiger partial charge on any atom is 0.252 e. The third kappa shape index (κ3) is 5.03. The summed E-state index contributed by atoms with van der Waals surface area (Å²) in [5.74, 6) is 0.143. The molecule has 1 aliphatic rings. The summed E-state index contributed by atoms with van der Waals surface area (Å²) in [7, 11) is -2.94. The average Bonchev–Trinajstić information content (AvgIpc) is 2.94. The van der Waals surface area contributed by atoms with Gasteiger partial charge in [0.25, 0.3) is 5.91 Å². The number of carbonyl (C=O) groups excluding carboxylic acids is 1. The van der Waals surface area contributed by atoms with E-state index in [0.717, 1.165) is 6.42 Å². The van der Waals surface area contributed by atoms with Crippen molar-refractivity contribution >= 4 is 21.4 Å². The molecule has 0 bridgehead atoms. The number of rotatable bonds is 6. The van der Waals surface area contributed by atoms with Crippen LogP contribution < -0.4 is 10.6 Å². The Morgan fingerprint density at radius 2 is 2.00 bits per heavy atom. The highest BCUT2D eigenvalue weighted by atomic mass is 32.2. The maximum atomic E-state index is 12.3. The van der Waals surface area contributed by atoms with Gasteiger partial charge >= 0.3 is 0 Å². The largest absolute Gasteiger partial charge is 0.380 e. The summed E-state index contributed by atoms with van der Waals surface area (Å²) >= 11 is 0. The summed E-state index contributed by atoms with van der Waals surface area (Å²) in [5, 5.41) is 6.03. The monoisotopic (exact) mass is 359 g/mol. The fourth-order valence-corrected chi connectivity index (χ4v) is 4.53. The Hall–Kier alpha value is -2.41. The normalized spacial score (nSPS) is 18.6. The minimum absolute atomic E-state index is 0.122. The number of anilines is 1. The van der Waals surface area contributed by atoms with Gasteiger partial charge in [-0.25, -0.2) is 8.42 Å². The van der Waals surface area contributed by atoms with Crippen LogP contribution in [0.15, 0.2) is 48.8 Å². The van der Waals surface area contributed by atoms with Crippen LogP contribution in [0.25, 0.3) is 0 Å². The van der Waals surface area contributed by atoms with Gasteiger partial charge < -0.3 is 10.6 Å². The lowest BCUT2D eigenvalue weighted by atomic mass is 10.1. The molecule has 25 heavy (non-hydrogen) atoms. The first-order chi connectivity index (χ1) is 12.0. The molecule has 2 heterocycles. The van der Waals surface area contributed by atoms with E-state index in [1.807, 2.05) is 30.3 Å². The van der Waals surface area contributed by atoms with Crippen molar-refractivity contribution in [1.82, 2.24) is 10.3 Å². The van der Waals surface area contributed by atoms with Gasteiger partial charge in [0.15, 0.2) is 9.84 Å². The third-order valence-corrected chi connectivity index (χ3v) is 5.91. The second-order valence-electron chi connectivity index (χ2n) is 6.20. The van der Waals surface area contributed by atoms with E-state index in [1.165, 1.54) is 11.8 Å². The van der Waals surface area contributed by atoms with E-state index in [4.69, 9.17) is 0 Å². The van der Waals surface area contributed by atoms with Crippen LogP contribution in [0.1, 0.15) is 22.3 Å². The fraction of sp³-hybridized carbons (Fsp3) is 0.333. The molecule has 0 saturated carbocycles. The van der Waals surface area contributed by atoms with Gasteiger partial charge in [-0.2, -0.15) is 0 Å². The first-order valence-corrected chi connectivity index (χ1v) is 10.1. The number of pyridine rings is 1. The van der Waals surface area contributed by atoms with Gasteiger partial charge in [-0.3, -0.25) is 9.78 Å². The zero-order valence-corrected chi connectivity index (χ0v) is 14.6. The van der Waals surface area contributed by atoms with Crippen LogP contribution in [0.5, 0.6) is 0 Å². The number of amides is 1. The first-order valence-electron chi connectivity index (χ1n) is 8.26. The number of aromatic nitrogens is 1. The summed E-state index contributed by atoms with van der Waals surface area (Å²) in [4.78, 5) is 16.3. The van der Waals surface area contributed by atoms with Crippen molar-refractivity contribution in [1.29, 1.82) is 0 Å². The molecule has 1 amide bonds. The van der Waals surface area contributed by atoms with E-state index < -0.39 is 9.84 Å². The Morgan fingerprint density at radius 3 is 2.72 bits per heavy atom. The van der Waals surface area contributed by atoms with Gasteiger partial charge in [0.05, 0.1) is 22.8 Å². The summed E-state index contributed by atoms with van der Waals surface area (Å²) in [6.45, 7) is 0.543. The molecule has 132 valence electrons. The molecule has 3 rings (SSSR count). The topological polar surface area (TPSA) is 88.2 Å². The summed E-state index contributed by atoms with van der Waals surface area (Å²) < 4.78 is 23.0. The average molecular weight is 359 g/mol. The molecule has 1 fully saturated rings. The summed E-state index contributed by atoms with van der Waals surface area (Å²) in [6.07, 6.45) is 4.45. The van der Waals surface area contributed by atoms with E-state index in [0.29, 0.717) is 24.2 Å². The van der Waals surface area contributed by atoms with Crippen LogP contribution >= 0.6 is 0 Å². The predicted molar refractivity (Wildman–Crippen MR) is 97.4 cm³/mol. The second-order valence-corrected chi connectivity index (χ2v) is 8.43. The smallest absolute Gasteiger partial charge is 0.252 e. The van der Waals surface area contributed by atoms with Gasteiger partial charge in [0.2, 0.25) is 0 Å². The number of sulfone groups is 1. The Kier molecular flexibility index (Phi) is 5.33. The Morgan fingerprint density at radius 1 is 1.20 bits per heavy atom. The molecule has 0 aliphatic carbocycles. The van der Waals surface area contributed by atoms with Crippen molar-refractivity contribution < 1.29 is 13.2 Å². The molecule has 1 aromatic carbocycles. The van der Waals surface area contributed by atoms with E-state index >= 15 is 0 Å². The lowest BCUT2D eigenvalue weighted by Gasteiger charge is -2.13. The lowest BCUT2D eigenvalue weighted by Crippen LogP contribution is -2.26. The number of hydrogen-bond acceptors (Lipinski definition) is 5. The van der Waals surface area contributed by atoms with Gasteiger partial charge in [-0.1, -0.05) is 30.3 Å². The number of hydrogen-bond donors (Lipinski definition) is 2. The SMILES string of the molecule is O=C(NCCc1ccccc1)c1cncc(NC2CCS(=O)(=O)C2)c1. The quantitative estimate of drug-likeness (QED) is 0.819. The number of nitrogens with one attached hydrogen (secondary N) is 2. The Balaban J connectivity index is 1.54.